The number of carbonyl (C=O) groups excluding carboxylic acids is 1. The van der Waals surface area contributed by atoms with E-state index in [1.165, 1.54) is 7.11 Å². The lowest BCUT2D eigenvalue weighted by atomic mass is 10.3. The van der Waals surface area contributed by atoms with E-state index >= 15 is 0 Å². The number of halogens is 1. The quantitative estimate of drug-likeness (QED) is 0.818. The van der Waals surface area contributed by atoms with Gasteiger partial charge in [0.15, 0.2) is 5.69 Å². The summed E-state index contributed by atoms with van der Waals surface area (Å²) in [5, 5.41) is 3.05. The Labute approximate surface area is 98.2 Å². The van der Waals surface area contributed by atoms with Crippen LogP contribution in [0.15, 0.2) is 0 Å². The number of esters is 1. The second-order valence-corrected chi connectivity index (χ2v) is 3.99. The molecule has 1 saturated carbocycles. The molecule has 1 aromatic heterocycles. The molecule has 0 atom stereocenters. The maximum atomic E-state index is 11.5. The Morgan fingerprint density at radius 3 is 2.69 bits per heavy atom. The summed E-state index contributed by atoms with van der Waals surface area (Å²) in [5.41, 5.74) is 0.130. The van der Waals surface area contributed by atoms with Gasteiger partial charge in [-0.3, -0.25) is 0 Å². The van der Waals surface area contributed by atoms with Gasteiger partial charge in [-0.25, -0.2) is 14.8 Å². The number of nitrogens with one attached hydrogen (secondary N) is 1. The van der Waals surface area contributed by atoms with Gasteiger partial charge < -0.3 is 10.1 Å². The highest BCUT2D eigenvalue weighted by Gasteiger charge is 2.29. The van der Waals surface area contributed by atoms with Crippen molar-refractivity contribution in [3.8, 4) is 0 Å². The van der Waals surface area contributed by atoms with E-state index in [-0.39, 0.29) is 10.7 Å². The summed E-state index contributed by atoms with van der Waals surface area (Å²) in [6, 6.07) is 0. The molecule has 0 aromatic carbocycles. The molecule has 2 rings (SSSR count). The summed E-state index contributed by atoms with van der Waals surface area (Å²) in [7, 11) is 3.00. The van der Waals surface area contributed by atoms with E-state index < -0.39 is 5.97 Å². The fourth-order valence-corrected chi connectivity index (χ4v) is 1.64. The topological polar surface area (TPSA) is 64.1 Å². The summed E-state index contributed by atoms with van der Waals surface area (Å²) in [4.78, 5) is 19.9. The molecule has 1 aliphatic rings. The molecule has 1 heterocycles. The number of nitrogens with zero attached hydrogens (tertiary/aromatic N) is 2. The monoisotopic (exact) mass is 241 g/mol. The Morgan fingerprint density at radius 1 is 1.50 bits per heavy atom. The minimum atomic E-state index is -0.536. The van der Waals surface area contributed by atoms with Crippen LogP contribution in [0.3, 0.4) is 0 Å². The van der Waals surface area contributed by atoms with E-state index in [2.05, 4.69) is 20.0 Å². The summed E-state index contributed by atoms with van der Waals surface area (Å²) >= 11 is 5.99. The SMILES string of the molecule is CNc1nc(C2CC2)nc(C(=O)OC)c1Cl. The van der Waals surface area contributed by atoms with Crippen molar-refractivity contribution in [1.29, 1.82) is 0 Å². The number of ether oxygens (including phenoxy) is 1. The highest BCUT2D eigenvalue weighted by Crippen LogP contribution is 2.39. The van der Waals surface area contributed by atoms with E-state index in [4.69, 9.17) is 11.6 Å². The Morgan fingerprint density at radius 2 is 2.19 bits per heavy atom. The number of carbonyl (C=O) groups is 1. The van der Waals surface area contributed by atoms with Gasteiger partial charge in [0.2, 0.25) is 0 Å². The zero-order valence-corrected chi connectivity index (χ0v) is 9.84. The van der Waals surface area contributed by atoms with Crippen LogP contribution in [-0.4, -0.2) is 30.1 Å². The lowest BCUT2D eigenvalue weighted by molar-refractivity contribution is 0.0593. The van der Waals surface area contributed by atoms with Gasteiger partial charge in [0.1, 0.15) is 16.7 Å². The van der Waals surface area contributed by atoms with Gasteiger partial charge in [-0.2, -0.15) is 0 Å². The Bertz CT molecular complexity index is 432. The van der Waals surface area contributed by atoms with Crippen LogP contribution in [0.4, 0.5) is 5.82 Å². The van der Waals surface area contributed by atoms with Crippen LogP contribution in [0.5, 0.6) is 0 Å². The van der Waals surface area contributed by atoms with Gasteiger partial charge in [0.25, 0.3) is 0 Å². The van der Waals surface area contributed by atoms with E-state index in [9.17, 15) is 4.79 Å². The third-order valence-corrected chi connectivity index (χ3v) is 2.78. The van der Waals surface area contributed by atoms with E-state index in [1.807, 2.05) is 0 Å². The fraction of sp³-hybridized carbons (Fsp3) is 0.500. The normalized spacial score (nSPS) is 14.7. The van der Waals surface area contributed by atoms with Crippen molar-refractivity contribution in [3.05, 3.63) is 16.5 Å². The molecule has 5 nitrogen and oxygen atoms in total. The van der Waals surface area contributed by atoms with Crippen LogP contribution in [0.25, 0.3) is 0 Å². The highest BCUT2D eigenvalue weighted by atomic mass is 35.5. The van der Waals surface area contributed by atoms with Gasteiger partial charge in [-0.15, -0.1) is 0 Å². The number of rotatable bonds is 3. The molecule has 1 N–H and O–H groups in total. The summed E-state index contributed by atoms with van der Waals surface area (Å²) in [6.07, 6.45) is 2.12. The Hall–Kier alpha value is -1.36. The van der Waals surface area contributed by atoms with Crippen LogP contribution < -0.4 is 5.32 Å². The molecule has 16 heavy (non-hydrogen) atoms. The van der Waals surface area contributed by atoms with Crippen molar-refractivity contribution in [2.45, 2.75) is 18.8 Å². The molecule has 0 radical (unpaired) electrons. The average Bonchev–Trinajstić information content (AvgIpc) is 3.12. The summed E-state index contributed by atoms with van der Waals surface area (Å²) in [5.74, 6) is 0.951. The van der Waals surface area contributed by atoms with Crippen molar-refractivity contribution >= 4 is 23.4 Å². The first-order valence-electron chi connectivity index (χ1n) is 5.01. The predicted octanol–water partition coefficient (Wildman–Crippen LogP) is 1.84. The van der Waals surface area contributed by atoms with Crippen LogP contribution in [-0.2, 0) is 4.74 Å². The van der Waals surface area contributed by atoms with Crippen molar-refractivity contribution < 1.29 is 9.53 Å². The Kier molecular flexibility index (Phi) is 2.96. The van der Waals surface area contributed by atoms with E-state index in [0.717, 1.165) is 12.8 Å². The number of methoxy groups -OCH3 is 1. The Balaban J connectivity index is 2.48. The molecule has 0 aliphatic heterocycles. The first-order chi connectivity index (χ1) is 7.67. The van der Waals surface area contributed by atoms with E-state index in [0.29, 0.717) is 17.6 Å². The molecular weight excluding hydrogens is 230 g/mol. The lowest BCUT2D eigenvalue weighted by Crippen LogP contribution is -2.11. The molecule has 0 amide bonds. The number of hydrogen-bond acceptors (Lipinski definition) is 5. The van der Waals surface area contributed by atoms with Crippen molar-refractivity contribution in [1.82, 2.24) is 9.97 Å². The standard InChI is InChI=1S/C10H12ClN3O2/c1-12-9-6(11)7(10(15)16-2)13-8(14-9)5-3-4-5/h5H,3-4H2,1-2H3,(H,12,13,14). The van der Waals surface area contributed by atoms with Gasteiger partial charge in [-0.05, 0) is 12.8 Å². The third-order valence-electron chi connectivity index (χ3n) is 2.43. The predicted molar refractivity (Wildman–Crippen MR) is 59.9 cm³/mol. The molecule has 1 fully saturated rings. The molecule has 86 valence electrons. The highest BCUT2D eigenvalue weighted by molar-refractivity contribution is 6.35. The van der Waals surface area contributed by atoms with Crippen LogP contribution >= 0.6 is 11.6 Å². The minimum absolute atomic E-state index is 0.130. The first-order valence-corrected chi connectivity index (χ1v) is 5.38. The zero-order valence-electron chi connectivity index (χ0n) is 9.08. The molecule has 1 aliphatic carbocycles. The van der Waals surface area contributed by atoms with Crippen LogP contribution in [0.1, 0.15) is 35.1 Å². The fourth-order valence-electron chi connectivity index (χ4n) is 1.39. The summed E-state index contributed by atoms with van der Waals surface area (Å²) < 4.78 is 4.63. The molecule has 1 aromatic rings. The minimum Gasteiger partial charge on any atom is -0.464 e. The number of hydrogen-bond donors (Lipinski definition) is 1. The molecule has 0 spiro atoms. The molecular formula is C10H12ClN3O2. The van der Waals surface area contributed by atoms with Gasteiger partial charge in [0, 0.05) is 13.0 Å². The molecule has 0 unspecified atom stereocenters. The lowest BCUT2D eigenvalue weighted by Gasteiger charge is -2.08. The van der Waals surface area contributed by atoms with Crippen LogP contribution in [0, 0.1) is 0 Å². The van der Waals surface area contributed by atoms with Gasteiger partial charge >= 0.3 is 5.97 Å². The average molecular weight is 242 g/mol. The van der Waals surface area contributed by atoms with Gasteiger partial charge in [0.05, 0.1) is 7.11 Å². The maximum absolute atomic E-state index is 11.5. The summed E-state index contributed by atoms with van der Waals surface area (Å²) in [6.45, 7) is 0. The maximum Gasteiger partial charge on any atom is 0.358 e. The molecule has 6 heteroatoms. The van der Waals surface area contributed by atoms with Crippen molar-refractivity contribution in [2.24, 2.45) is 0 Å². The van der Waals surface area contributed by atoms with Gasteiger partial charge in [-0.1, -0.05) is 11.6 Å². The number of aromatic nitrogens is 2. The smallest absolute Gasteiger partial charge is 0.358 e. The largest absolute Gasteiger partial charge is 0.464 e. The second-order valence-electron chi connectivity index (χ2n) is 3.61. The van der Waals surface area contributed by atoms with Crippen molar-refractivity contribution in [3.63, 3.8) is 0 Å². The van der Waals surface area contributed by atoms with Crippen LogP contribution in [0.2, 0.25) is 5.02 Å². The second kappa shape index (κ2) is 4.25. The number of anilines is 1. The zero-order chi connectivity index (χ0) is 11.7. The van der Waals surface area contributed by atoms with E-state index in [1.54, 1.807) is 7.05 Å². The first kappa shape index (κ1) is 11.1. The van der Waals surface area contributed by atoms with Crippen molar-refractivity contribution in [2.75, 3.05) is 19.5 Å². The molecule has 0 bridgehead atoms. The molecule has 0 saturated heterocycles. The third kappa shape index (κ3) is 1.95.